The summed E-state index contributed by atoms with van der Waals surface area (Å²) in [7, 11) is 4.07. The molecule has 1 N–H and O–H groups in total. The summed E-state index contributed by atoms with van der Waals surface area (Å²) in [6.45, 7) is 0.778. The molecule has 1 aromatic rings. The highest BCUT2D eigenvalue weighted by molar-refractivity contribution is 5.37. The fraction of sp³-hybridized carbons (Fsp3) is 0.714. The molecule has 4 nitrogen and oxygen atoms in total. The molecule has 1 aromatic heterocycles. The van der Waals surface area contributed by atoms with Crippen LogP contribution in [0.25, 0.3) is 0 Å². The van der Waals surface area contributed by atoms with Crippen LogP contribution in [0.15, 0.2) is 12.1 Å². The minimum atomic E-state index is 0.636. The highest BCUT2D eigenvalue weighted by atomic mass is 15.3. The van der Waals surface area contributed by atoms with E-state index in [0.717, 1.165) is 18.1 Å². The molecule has 1 aliphatic rings. The second-order valence-corrected chi connectivity index (χ2v) is 5.17. The van der Waals surface area contributed by atoms with Crippen molar-refractivity contribution in [1.82, 2.24) is 15.5 Å². The monoisotopic (exact) mass is 248 g/mol. The SMILES string of the molecule is CNCc1ccc(N(C)C2CCCCCC2)nn1. The van der Waals surface area contributed by atoms with Gasteiger partial charge in [0.2, 0.25) is 0 Å². The standard InChI is InChI=1S/C14H24N4/c1-15-11-12-9-10-14(17-16-12)18(2)13-7-5-3-4-6-8-13/h9-10,13,15H,3-8,11H2,1-2H3. The van der Waals surface area contributed by atoms with Gasteiger partial charge >= 0.3 is 0 Å². The Morgan fingerprint density at radius 3 is 2.44 bits per heavy atom. The summed E-state index contributed by atoms with van der Waals surface area (Å²) in [6, 6.07) is 4.79. The van der Waals surface area contributed by atoms with E-state index in [-0.39, 0.29) is 0 Å². The van der Waals surface area contributed by atoms with Gasteiger partial charge in [-0.05, 0) is 32.0 Å². The minimum Gasteiger partial charge on any atom is -0.355 e. The van der Waals surface area contributed by atoms with Crippen molar-refractivity contribution in [2.45, 2.75) is 51.1 Å². The van der Waals surface area contributed by atoms with Crippen LogP contribution in [0.3, 0.4) is 0 Å². The van der Waals surface area contributed by atoms with E-state index in [9.17, 15) is 0 Å². The molecule has 0 radical (unpaired) electrons. The van der Waals surface area contributed by atoms with Crippen molar-refractivity contribution in [3.8, 4) is 0 Å². The highest BCUT2D eigenvalue weighted by Gasteiger charge is 2.18. The zero-order valence-corrected chi connectivity index (χ0v) is 11.5. The first-order chi connectivity index (χ1) is 8.81. The van der Waals surface area contributed by atoms with Crippen LogP contribution >= 0.6 is 0 Å². The van der Waals surface area contributed by atoms with Gasteiger partial charge in [-0.3, -0.25) is 0 Å². The Balaban J connectivity index is 2.00. The average molecular weight is 248 g/mol. The third kappa shape index (κ3) is 3.42. The lowest BCUT2D eigenvalue weighted by Gasteiger charge is -2.27. The van der Waals surface area contributed by atoms with Crippen LogP contribution in [0.5, 0.6) is 0 Å². The summed E-state index contributed by atoms with van der Waals surface area (Å²) in [4.78, 5) is 2.31. The van der Waals surface area contributed by atoms with Gasteiger partial charge in [0, 0.05) is 19.6 Å². The molecule has 0 amide bonds. The zero-order chi connectivity index (χ0) is 12.8. The third-order valence-corrected chi connectivity index (χ3v) is 3.80. The second-order valence-electron chi connectivity index (χ2n) is 5.17. The van der Waals surface area contributed by atoms with Crippen molar-refractivity contribution in [3.63, 3.8) is 0 Å². The first-order valence-electron chi connectivity index (χ1n) is 7.01. The zero-order valence-electron chi connectivity index (χ0n) is 11.5. The summed E-state index contributed by atoms with van der Waals surface area (Å²) in [5, 5.41) is 11.7. The van der Waals surface area contributed by atoms with Gasteiger partial charge in [0.15, 0.2) is 5.82 Å². The van der Waals surface area contributed by atoms with E-state index in [2.05, 4.69) is 39.6 Å². The normalized spacial score (nSPS) is 17.4. The van der Waals surface area contributed by atoms with Crippen LogP contribution in [0.2, 0.25) is 0 Å². The Morgan fingerprint density at radius 1 is 1.17 bits per heavy atom. The third-order valence-electron chi connectivity index (χ3n) is 3.80. The van der Waals surface area contributed by atoms with Gasteiger partial charge in [-0.1, -0.05) is 25.7 Å². The van der Waals surface area contributed by atoms with Crippen LogP contribution in [-0.2, 0) is 6.54 Å². The number of nitrogens with zero attached hydrogens (tertiary/aromatic N) is 3. The lowest BCUT2D eigenvalue weighted by Crippen LogP contribution is -2.32. The molecule has 0 saturated heterocycles. The van der Waals surface area contributed by atoms with Crippen LogP contribution in [0.1, 0.15) is 44.2 Å². The molecule has 1 fully saturated rings. The molecule has 100 valence electrons. The maximum Gasteiger partial charge on any atom is 0.151 e. The summed E-state index contributed by atoms with van der Waals surface area (Å²) in [5.41, 5.74) is 0.996. The first kappa shape index (κ1) is 13.3. The number of hydrogen-bond acceptors (Lipinski definition) is 4. The molecule has 0 spiro atoms. The number of anilines is 1. The number of aromatic nitrogens is 2. The molecule has 2 rings (SSSR count). The van der Waals surface area contributed by atoms with Crippen molar-refractivity contribution in [3.05, 3.63) is 17.8 Å². The first-order valence-corrected chi connectivity index (χ1v) is 7.01. The van der Waals surface area contributed by atoms with Gasteiger partial charge < -0.3 is 10.2 Å². The Bertz CT molecular complexity index is 341. The van der Waals surface area contributed by atoms with Crippen LogP contribution in [-0.4, -0.2) is 30.3 Å². The number of nitrogens with one attached hydrogen (secondary N) is 1. The van der Waals surface area contributed by atoms with Crippen LogP contribution in [0, 0.1) is 0 Å². The van der Waals surface area contributed by atoms with Gasteiger partial charge in [0.05, 0.1) is 5.69 Å². The quantitative estimate of drug-likeness (QED) is 0.831. The van der Waals surface area contributed by atoms with Gasteiger partial charge in [0.25, 0.3) is 0 Å². The van der Waals surface area contributed by atoms with E-state index >= 15 is 0 Å². The predicted octanol–water partition coefficient (Wildman–Crippen LogP) is 2.36. The molecule has 0 aliphatic heterocycles. The maximum atomic E-state index is 4.34. The van der Waals surface area contributed by atoms with Crippen molar-refractivity contribution in [1.29, 1.82) is 0 Å². The fourth-order valence-electron chi connectivity index (χ4n) is 2.65. The Hall–Kier alpha value is -1.16. The molecule has 18 heavy (non-hydrogen) atoms. The van der Waals surface area contributed by atoms with Crippen molar-refractivity contribution >= 4 is 5.82 Å². The second kappa shape index (κ2) is 6.69. The van der Waals surface area contributed by atoms with Gasteiger partial charge in [0.1, 0.15) is 0 Å². The maximum absolute atomic E-state index is 4.34. The van der Waals surface area contributed by atoms with Crippen LogP contribution < -0.4 is 10.2 Å². The van der Waals surface area contributed by atoms with Gasteiger partial charge in [-0.25, -0.2) is 0 Å². The summed E-state index contributed by atoms with van der Waals surface area (Å²) < 4.78 is 0. The average Bonchev–Trinajstić information content (AvgIpc) is 2.68. The Kier molecular flexibility index (Phi) is 4.93. The fourth-order valence-corrected chi connectivity index (χ4v) is 2.65. The lowest BCUT2D eigenvalue weighted by atomic mass is 10.1. The predicted molar refractivity (Wildman–Crippen MR) is 74.7 cm³/mol. The molecule has 1 aliphatic carbocycles. The molecule has 0 atom stereocenters. The van der Waals surface area contributed by atoms with E-state index in [1.165, 1.54) is 38.5 Å². The largest absolute Gasteiger partial charge is 0.355 e. The molecule has 0 bridgehead atoms. The van der Waals surface area contributed by atoms with Crippen LogP contribution in [0.4, 0.5) is 5.82 Å². The van der Waals surface area contributed by atoms with Gasteiger partial charge in [-0.15, -0.1) is 5.10 Å². The summed E-state index contributed by atoms with van der Waals surface area (Å²) in [5.74, 6) is 1.00. The molecule has 0 aromatic carbocycles. The molecule has 1 heterocycles. The van der Waals surface area contributed by atoms with Gasteiger partial charge in [-0.2, -0.15) is 5.10 Å². The summed E-state index contributed by atoms with van der Waals surface area (Å²) >= 11 is 0. The molecule has 1 saturated carbocycles. The minimum absolute atomic E-state index is 0.636. The van der Waals surface area contributed by atoms with E-state index in [4.69, 9.17) is 0 Å². The topological polar surface area (TPSA) is 41.0 Å². The smallest absolute Gasteiger partial charge is 0.151 e. The van der Waals surface area contributed by atoms with E-state index in [1.54, 1.807) is 0 Å². The van der Waals surface area contributed by atoms with E-state index in [1.807, 2.05) is 7.05 Å². The Morgan fingerprint density at radius 2 is 1.89 bits per heavy atom. The van der Waals surface area contributed by atoms with E-state index in [0.29, 0.717) is 6.04 Å². The molecular formula is C14H24N4. The highest BCUT2D eigenvalue weighted by Crippen LogP contribution is 2.23. The number of hydrogen-bond donors (Lipinski definition) is 1. The molecule has 0 unspecified atom stereocenters. The molecule has 4 heteroatoms. The van der Waals surface area contributed by atoms with E-state index < -0.39 is 0 Å². The lowest BCUT2D eigenvalue weighted by molar-refractivity contribution is 0.546. The Labute approximate surface area is 110 Å². The molecular weight excluding hydrogens is 224 g/mol. The number of rotatable bonds is 4. The summed E-state index contributed by atoms with van der Waals surface area (Å²) in [6.07, 6.45) is 8.04. The van der Waals surface area contributed by atoms with Crippen molar-refractivity contribution < 1.29 is 0 Å². The van der Waals surface area contributed by atoms with Crippen molar-refractivity contribution in [2.24, 2.45) is 0 Å². The van der Waals surface area contributed by atoms with Crippen molar-refractivity contribution in [2.75, 3.05) is 19.0 Å².